The van der Waals surface area contributed by atoms with Crippen LogP contribution in [0.5, 0.6) is 5.75 Å². The molecule has 0 bridgehead atoms. The number of hydrogen-bond donors (Lipinski definition) is 1. The molecular weight excluding hydrogens is 352 g/mol. The highest BCUT2D eigenvalue weighted by Gasteiger charge is 2.26. The van der Waals surface area contributed by atoms with Gasteiger partial charge >= 0.3 is 0 Å². The fourth-order valence-corrected chi connectivity index (χ4v) is 2.54. The lowest BCUT2D eigenvalue weighted by molar-refractivity contribution is -0.384. The summed E-state index contributed by atoms with van der Waals surface area (Å²) in [5.41, 5.74) is 4.01. The molecule has 1 N–H and O–H groups in total. The molecule has 0 aliphatic carbocycles. The van der Waals surface area contributed by atoms with Gasteiger partial charge in [0, 0.05) is 12.1 Å². The molecule has 0 spiro atoms. The van der Waals surface area contributed by atoms with E-state index in [1.54, 1.807) is 43.3 Å². The lowest BCUT2D eigenvalue weighted by Gasteiger charge is -2.28. The molecule has 9 heteroatoms. The minimum Gasteiger partial charge on any atom is -0.482 e. The Bertz CT molecular complexity index is 924. The Morgan fingerprint density at radius 3 is 2.67 bits per heavy atom. The molecule has 0 atom stereocenters. The van der Waals surface area contributed by atoms with Gasteiger partial charge in [0.1, 0.15) is 12.3 Å². The monoisotopic (exact) mass is 368 g/mol. The first-order valence-corrected chi connectivity index (χ1v) is 8.06. The Morgan fingerprint density at radius 1 is 1.26 bits per heavy atom. The first-order chi connectivity index (χ1) is 13.0. The summed E-state index contributed by atoms with van der Waals surface area (Å²) in [5, 5.41) is 14.7. The van der Waals surface area contributed by atoms with Gasteiger partial charge in [-0.15, -0.1) is 0 Å². The zero-order valence-corrected chi connectivity index (χ0v) is 14.4. The quantitative estimate of drug-likeness (QED) is 0.491. The van der Waals surface area contributed by atoms with E-state index in [0.29, 0.717) is 22.7 Å². The van der Waals surface area contributed by atoms with E-state index in [2.05, 4.69) is 10.5 Å². The standard InChI is InChI=1S/C18H16N4O5/c1-12(13-6-8-14(9-7-13)22(25)26)19-20-17(23)10-21-15-4-2-3-5-16(15)27-11-18(21)24/h2-9H,10-11H2,1H3,(H,20,23)/b19-12-. The number of fused-ring (bicyclic) bond motifs is 1. The van der Waals surface area contributed by atoms with Gasteiger partial charge in [0.2, 0.25) is 0 Å². The molecule has 3 rings (SSSR count). The fraction of sp³-hybridized carbons (Fsp3) is 0.167. The van der Waals surface area contributed by atoms with Gasteiger partial charge in [-0.3, -0.25) is 24.6 Å². The van der Waals surface area contributed by atoms with Crippen molar-refractivity contribution in [2.45, 2.75) is 6.92 Å². The van der Waals surface area contributed by atoms with E-state index in [1.165, 1.54) is 17.0 Å². The number of anilines is 1. The largest absolute Gasteiger partial charge is 0.482 e. The second kappa shape index (κ2) is 7.65. The van der Waals surface area contributed by atoms with Crippen LogP contribution < -0.4 is 15.1 Å². The number of carbonyl (C=O) groups is 2. The lowest BCUT2D eigenvalue weighted by Crippen LogP contribution is -2.44. The number of amides is 2. The number of nitrogens with one attached hydrogen (secondary N) is 1. The number of hydrazone groups is 1. The van der Waals surface area contributed by atoms with Gasteiger partial charge in [0.25, 0.3) is 17.5 Å². The van der Waals surface area contributed by atoms with E-state index in [9.17, 15) is 19.7 Å². The molecule has 0 radical (unpaired) electrons. The van der Waals surface area contributed by atoms with E-state index in [0.717, 1.165) is 0 Å². The maximum atomic E-state index is 12.2. The van der Waals surface area contributed by atoms with Crippen LogP contribution in [0.3, 0.4) is 0 Å². The number of benzene rings is 2. The van der Waals surface area contributed by atoms with Crippen LogP contribution in [0.4, 0.5) is 11.4 Å². The van der Waals surface area contributed by atoms with Crippen LogP contribution in [0.1, 0.15) is 12.5 Å². The zero-order chi connectivity index (χ0) is 19.4. The van der Waals surface area contributed by atoms with E-state index in [4.69, 9.17) is 4.74 Å². The summed E-state index contributed by atoms with van der Waals surface area (Å²) < 4.78 is 5.33. The number of non-ortho nitro benzene ring substituents is 1. The summed E-state index contributed by atoms with van der Waals surface area (Å²) in [6.07, 6.45) is 0. The van der Waals surface area contributed by atoms with Crippen molar-refractivity contribution in [1.29, 1.82) is 0 Å². The molecule has 0 saturated carbocycles. The van der Waals surface area contributed by atoms with Gasteiger partial charge in [-0.25, -0.2) is 5.43 Å². The van der Waals surface area contributed by atoms with E-state index >= 15 is 0 Å². The Hall–Kier alpha value is -3.75. The minimum absolute atomic E-state index is 0.0277. The molecule has 2 aromatic carbocycles. The van der Waals surface area contributed by atoms with Crippen molar-refractivity contribution in [1.82, 2.24) is 5.43 Å². The second-order valence-corrected chi connectivity index (χ2v) is 5.77. The topological polar surface area (TPSA) is 114 Å². The maximum absolute atomic E-state index is 12.2. The van der Waals surface area contributed by atoms with Crippen LogP contribution in [-0.2, 0) is 9.59 Å². The SMILES string of the molecule is C/C(=N/NC(=O)CN1C(=O)COc2ccccc21)c1ccc([N+](=O)[O-])cc1. The third-order valence-electron chi connectivity index (χ3n) is 3.95. The number of nitrogens with zero attached hydrogens (tertiary/aromatic N) is 3. The van der Waals surface area contributed by atoms with E-state index in [1.807, 2.05) is 0 Å². The number of hydrogen-bond acceptors (Lipinski definition) is 6. The van der Waals surface area contributed by atoms with Gasteiger partial charge in [-0.1, -0.05) is 12.1 Å². The van der Waals surface area contributed by atoms with Crippen LogP contribution in [0, 0.1) is 10.1 Å². The predicted octanol–water partition coefficient (Wildman–Crippen LogP) is 1.86. The Kier molecular flexibility index (Phi) is 5.11. The molecule has 0 fully saturated rings. The summed E-state index contributed by atoms with van der Waals surface area (Å²) in [4.78, 5) is 35.8. The number of para-hydroxylation sites is 2. The first-order valence-electron chi connectivity index (χ1n) is 8.06. The zero-order valence-electron chi connectivity index (χ0n) is 14.4. The van der Waals surface area contributed by atoms with Gasteiger partial charge in [-0.05, 0) is 36.8 Å². The van der Waals surface area contributed by atoms with Crippen molar-refractivity contribution < 1.29 is 19.2 Å². The molecule has 0 saturated heterocycles. The van der Waals surface area contributed by atoms with Crippen molar-refractivity contribution in [3.8, 4) is 5.75 Å². The maximum Gasteiger partial charge on any atom is 0.269 e. The summed E-state index contributed by atoms with van der Waals surface area (Å²) in [6, 6.07) is 12.8. The molecule has 0 aromatic heterocycles. The van der Waals surface area contributed by atoms with Crippen LogP contribution in [0.25, 0.3) is 0 Å². The van der Waals surface area contributed by atoms with Crippen LogP contribution in [-0.4, -0.2) is 35.6 Å². The average molecular weight is 368 g/mol. The number of nitro groups is 1. The molecule has 138 valence electrons. The first kappa shape index (κ1) is 18.1. The molecule has 2 amide bonds. The highest BCUT2D eigenvalue weighted by atomic mass is 16.6. The summed E-state index contributed by atoms with van der Waals surface area (Å²) in [5.74, 6) is -0.253. The predicted molar refractivity (Wildman–Crippen MR) is 97.7 cm³/mol. The van der Waals surface area contributed by atoms with Crippen molar-refractivity contribution >= 4 is 28.9 Å². The second-order valence-electron chi connectivity index (χ2n) is 5.77. The minimum atomic E-state index is -0.491. The molecule has 27 heavy (non-hydrogen) atoms. The smallest absolute Gasteiger partial charge is 0.269 e. The third-order valence-corrected chi connectivity index (χ3v) is 3.95. The number of ether oxygens (including phenoxy) is 1. The van der Waals surface area contributed by atoms with Crippen LogP contribution >= 0.6 is 0 Å². The Labute approximate surface area is 154 Å². The molecule has 1 aliphatic heterocycles. The number of carbonyl (C=O) groups excluding carboxylic acids is 2. The van der Waals surface area contributed by atoms with Gasteiger partial charge in [-0.2, -0.15) is 5.10 Å². The Balaban J connectivity index is 1.66. The number of rotatable bonds is 5. The third kappa shape index (κ3) is 4.09. The summed E-state index contributed by atoms with van der Waals surface area (Å²) in [7, 11) is 0. The highest BCUT2D eigenvalue weighted by Crippen LogP contribution is 2.31. The average Bonchev–Trinajstić information content (AvgIpc) is 2.68. The molecule has 2 aromatic rings. The molecule has 0 unspecified atom stereocenters. The van der Waals surface area contributed by atoms with Crippen LogP contribution in [0.15, 0.2) is 53.6 Å². The number of nitro benzene ring substituents is 1. The normalized spacial score (nSPS) is 13.6. The molecule has 1 aliphatic rings. The van der Waals surface area contributed by atoms with Gasteiger partial charge in [0.05, 0.1) is 16.3 Å². The Morgan fingerprint density at radius 2 is 1.96 bits per heavy atom. The highest BCUT2D eigenvalue weighted by molar-refractivity contribution is 6.03. The van der Waals surface area contributed by atoms with Gasteiger partial charge in [0.15, 0.2) is 6.61 Å². The summed E-state index contributed by atoms with van der Waals surface area (Å²) >= 11 is 0. The molecule has 9 nitrogen and oxygen atoms in total. The van der Waals surface area contributed by atoms with Crippen molar-refractivity contribution in [3.05, 3.63) is 64.2 Å². The fourth-order valence-electron chi connectivity index (χ4n) is 2.54. The van der Waals surface area contributed by atoms with E-state index < -0.39 is 10.8 Å². The van der Waals surface area contributed by atoms with Crippen molar-refractivity contribution in [2.75, 3.05) is 18.1 Å². The van der Waals surface area contributed by atoms with E-state index in [-0.39, 0.29) is 24.7 Å². The summed E-state index contributed by atoms with van der Waals surface area (Å²) in [6.45, 7) is 1.34. The molecule has 1 heterocycles. The molecular formula is C18H16N4O5. The lowest BCUT2D eigenvalue weighted by atomic mass is 10.1. The van der Waals surface area contributed by atoms with Crippen molar-refractivity contribution in [3.63, 3.8) is 0 Å². The van der Waals surface area contributed by atoms with Gasteiger partial charge < -0.3 is 4.74 Å². The van der Waals surface area contributed by atoms with Crippen molar-refractivity contribution in [2.24, 2.45) is 5.10 Å². The van der Waals surface area contributed by atoms with Crippen LogP contribution in [0.2, 0.25) is 0 Å².